The number of aromatic nitrogens is 1. The molecule has 1 aliphatic rings. The molecule has 6 nitrogen and oxygen atoms in total. The van der Waals surface area contributed by atoms with Crippen molar-refractivity contribution in [3.63, 3.8) is 0 Å². The molecule has 0 unspecified atom stereocenters. The van der Waals surface area contributed by atoms with Crippen LogP contribution in [-0.4, -0.2) is 45.9 Å². The number of carbonyl (C=O) groups excluding carboxylic acids is 2. The normalized spacial score (nSPS) is 18.1. The maximum Gasteiger partial charge on any atom is 0.245 e. The lowest BCUT2D eigenvalue weighted by molar-refractivity contribution is -0.155. The summed E-state index contributed by atoms with van der Waals surface area (Å²) in [5.74, 6) is 0.638. The second-order valence-electron chi connectivity index (χ2n) is 6.50. The number of hydrogen-bond acceptors (Lipinski definition) is 4. The molecule has 1 aromatic carbocycles. The van der Waals surface area contributed by atoms with Crippen LogP contribution in [0.4, 0.5) is 0 Å². The minimum Gasteiger partial charge on any atom is -0.361 e. The van der Waals surface area contributed by atoms with E-state index < -0.39 is 6.04 Å². The standard InChI is InChI=1S/C19H23N3O3/c1-13-17(15(3)25-20-13)11-22-14(2)19(24)21(12-18(22)23)10-9-16-7-5-4-6-8-16/h4-8,14H,9-12H2,1-3H3/t14-/m1/s1. The highest BCUT2D eigenvalue weighted by molar-refractivity contribution is 5.94. The summed E-state index contributed by atoms with van der Waals surface area (Å²) in [7, 11) is 0. The molecule has 1 atom stereocenters. The van der Waals surface area contributed by atoms with Crippen molar-refractivity contribution in [1.82, 2.24) is 15.0 Å². The monoisotopic (exact) mass is 341 g/mol. The Bertz CT molecular complexity index is 750. The first kappa shape index (κ1) is 17.2. The Morgan fingerprint density at radius 3 is 2.56 bits per heavy atom. The maximum absolute atomic E-state index is 12.7. The molecule has 25 heavy (non-hydrogen) atoms. The van der Waals surface area contributed by atoms with Gasteiger partial charge in [-0.3, -0.25) is 9.59 Å². The molecule has 1 saturated heterocycles. The van der Waals surface area contributed by atoms with Crippen molar-refractivity contribution in [1.29, 1.82) is 0 Å². The summed E-state index contributed by atoms with van der Waals surface area (Å²) in [6, 6.07) is 9.50. The molecule has 1 aliphatic heterocycles. The van der Waals surface area contributed by atoms with Crippen LogP contribution in [-0.2, 0) is 22.6 Å². The zero-order valence-corrected chi connectivity index (χ0v) is 14.9. The number of rotatable bonds is 5. The molecule has 3 rings (SSSR count). The van der Waals surface area contributed by atoms with Gasteiger partial charge >= 0.3 is 0 Å². The summed E-state index contributed by atoms with van der Waals surface area (Å²) in [6.07, 6.45) is 0.746. The number of carbonyl (C=O) groups is 2. The van der Waals surface area contributed by atoms with Crippen molar-refractivity contribution >= 4 is 11.8 Å². The van der Waals surface area contributed by atoms with Gasteiger partial charge in [0.05, 0.1) is 18.8 Å². The van der Waals surface area contributed by atoms with Crippen LogP contribution in [0.3, 0.4) is 0 Å². The Kier molecular flexibility index (Phi) is 4.88. The van der Waals surface area contributed by atoms with Crippen molar-refractivity contribution < 1.29 is 14.1 Å². The number of amides is 2. The first-order chi connectivity index (χ1) is 12.0. The predicted molar refractivity (Wildman–Crippen MR) is 92.7 cm³/mol. The third kappa shape index (κ3) is 3.57. The van der Waals surface area contributed by atoms with Gasteiger partial charge in [-0.25, -0.2) is 0 Å². The average Bonchev–Trinajstić information content (AvgIpc) is 2.93. The highest BCUT2D eigenvalue weighted by atomic mass is 16.5. The molecule has 2 heterocycles. The van der Waals surface area contributed by atoms with Crippen molar-refractivity contribution in [3.8, 4) is 0 Å². The molecule has 0 N–H and O–H groups in total. The molecule has 0 saturated carbocycles. The lowest BCUT2D eigenvalue weighted by Gasteiger charge is -2.38. The van der Waals surface area contributed by atoms with Crippen molar-refractivity contribution in [2.75, 3.05) is 13.1 Å². The lowest BCUT2D eigenvalue weighted by Crippen LogP contribution is -2.58. The molecule has 2 amide bonds. The minimum absolute atomic E-state index is 0.0118. The van der Waals surface area contributed by atoms with Crippen molar-refractivity contribution in [2.45, 2.75) is 39.8 Å². The lowest BCUT2D eigenvalue weighted by atomic mass is 10.1. The van der Waals surface area contributed by atoms with Crippen molar-refractivity contribution in [3.05, 3.63) is 52.9 Å². The van der Waals surface area contributed by atoms with Gasteiger partial charge in [0.2, 0.25) is 11.8 Å². The van der Waals surface area contributed by atoms with E-state index in [-0.39, 0.29) is 18.4 Å². The molecule has 1 fully saturated rings. The highest BCUT2D eigenvalue weighted by Gasteiger charge is 2.36. The van der Waals surface area contributed by atoms with Crippen LogP contribution < -0.4 is 0 Å². The molecule has 2 aromatic rings. The topological polar surface area (TPSA) is 66.7 Å². The van der Waals surface area contributed by atoms with E-state index in [1.165, 1.54) is 0 Å². The number of benzene rings is 1. The minimum atomic E-state index is -0.481. The fourth-order valence-corrected chi connectivity index (χ4v) is 3.17. The smallest absolute Gasteiger partial charge is 0.245 e. The van der Waals surface area contributed by atoms with Crippen LogP contribution >= 0.6 is 0 Å². The van der Waals surface area contributed by atoms with Gasteiger partial charge in [0.1, 0.15) is 11.8 Å². The SMILES string of the molecule is Cc1noc(C)c1CN1C(=O)CN(CCc2ccccc2)C(=O)[C@H]1C. The molecule has 6 heteroatoms. The average molecular weight is 341 g/mol. The van der Waals surface area contributed by atoms with Gasteiger partial charge in [-0.15, -0.1) is 0 Å². The Morgan fingerprint density at radius 2 is 1.92 bits per heavy atom. The van der Waals surface area contributed by atoms with Crippen LogP contribution in [0.25, 0.3) is 0 Å². The quantitative estimate of drug-likeness (QED) is 0.835. The van der Waals surface area contributed by atoms with Crippen molar-refractivity contribution in [2.24, 2.45) is 0 Å². The molecule has 0 aliphatic carbocycles. The number of nitrogens with zero attached hydrogens (tertiary/aromatic N) is 3. The Hall–Kier alpha value is -2.63. The highest BCUT2D eigenvalue weighted by Crippen LogP contribution is 2.20. The Balaban J connectivity index is 1.67. The fraction of sp³-hybridized carbons (Fsp3) is 0.421. The molecule has 1 aromatic heterocycles. The molecule has 0 radical (unpaired) electrons. The second kappa shape index (κ2) is 7.09. The van der Waals surface area contributed by atoms with Gasteiger partial charge in [-0.2, -0.15) is 0 Å². The van der Waals surface area contributed by atoms with E-state index in [0.717, 1.165) is 23.2 Å². The number of aryl methyl sites for hydroxylation is 2. The van der Waals surface area contributed by atoms with E-state index in [0.29, 0.717) is 18.8 Å². The van der Waals surface area contributed by atoms with E-state index >= 15 is 0 Å². The zero-order valence-electron chi connectivity index (χ0n) is 14.9. The summed E-state index contributed by atoms with van der Waals surface area (Å²) in [6.45, 7) is 6.49. The molecular weight excluding hydrogens is 318 g/mol. The van der Waals surface area contributed by atoms with Gasteiger partial charge < -0.3 is 14.3 Å². The summed E-state index contributed by atoms with van der Waals surface area (Å²) in [4.78, 5) is 28.6. The van der Waals surface area contributed by atoms with E-state index in [1.807, 2.05) is 44.2 Å². The van der Waals surface area contributed by atoms with E-state index in [2.05, 4.69) is 5.16 Å². The van der Waals surface area contributed by atoms with E-state index in [9.17, 15) is 9.59 Å². The van der Waals surface area contributed by atoms with Gasteiger partial charge in [0, 0.05) is 12.1 Å². The summed E-state index contributed by atoms with van der Waals surface area (Å²) in [5.41, 5.74) is 2.80. The third-order valence-corrected chi connectivity index (χ3v) is 4.81. The number of piperazine rings is 1. The van der Waals surface area contributed by atoms with Crippen LogP contribution in [0.2, 0.25) is 0 Å². The van der Waals surface area contributed by atoms with Gasteiger partial charge in [-0.1, -0.05) is 35.5 Å². The van der Waals surface area contributed by atoms with Crippen LogP contribution in [0, 0.1) is 13.8 Å². The largest absolute Gasteiger partial charge is 0.361 e. The summed E-state index contributed by atoms with van der Waals surface area (Å²) in [5, 5.41) is 3.92. The predicted octanol–water partition coefficient (Wildman–Crippen LogP) is 2.09. The first-order valence-corrected chi connectivity index (χ1v) is 8.51. The number of hydrogen-bond donors (Lipinski definition) is 0. The molecule has 0 spiro atoms. The Labute approximate surface area is 147 Å². The van der Waals surface area contributed by atoms with Gasteiger partial charge in [0.25, 0.3) is 0 Å². The molecule has 0 bridgehead atoms. The fourth-order valence-electron chi connectivity index (χ4n) is 3.17. The van der Waals surface area contributed by atoms with Crippen LogP contribution in [0.15, 0.2) is 34.9 Å². The first-order valence-electron chi connectivity index (χ1n) is 8.51. The van der Waals surface area contributed by atoms with E-state index in [1.54, 1.807) is 16.7 Å². The Morgan fingerprint density at radius 1 is 1.20 bits per heavy atom. The summed E-state index contributed by atoms with van der Waals surface area (Å²) < 4.78 is 5.16. The van der Waals surface area contributed by atoms with Gasteiger partial charge in [-0.05, 0) is 32.8 Å². The summed E-state index contributed by atoms with van der Waals surface area (Å²) >= 11 is 0. The van der Waals surface area contributed by atoms with Crippen LogP contribution in [0.1, 0.15) is 29.5 Å². The maximum atomic E-state index is 12.7. The molecule has 132 valence electrons. The van der Waals surface area contributed by atoms with Gasteiger partial charge in [0.15, 0.2) is 0 Å². The van der Waals surface area contributed by atoms with E-state index in [4.69, 9.17) is 4.52 Å². The van der Waals surface area contributed by atoms with Crippen LogP contribution in [0.5, 0.6) is 0 Å². The zero-order chi connectivity index (χ0) is 18.0. The molecular formula is C19H23N3O3. The second-order valence-corrected chi connectivity index (χ2v) is 6.50. The third-order valence-electron chi connectivity index (χ3n) is 4.81.